The predicted octanol–water partition coefficient (Wildman–Crippen LogP) is 4.74. The van der Waals surface area contributed by atoms with Gasteiger partial charge in [0, 0.05) is 21.5 Å². The van der Waals surface area contributed by atoms with E-state index >= 15 is 0 Å². The van der Waals surface area contributed by atoms with Crippen LogP contribution in [0.3, 0.4) is 0 Å². The molecule has 2 aromatic carbocycles. The van der Waals surface area contributed by atoms with E-state index in [0.29, 0.717) is 5.02 Å². The molecule has 0 unspecified atom stereocenters. The Morgan fingerprint density at radius 2 is 2.00 bits per heavy atom. The summed E-state index contributed by atoms with van der Waals surface area (Å²) in [6.45, 7) is 1.98. The van der Waals surface area contributed by atoms with Crippen LogP contribution < -0.4 is 11.1 Å². The molecule has 0 saturated heterocycles. The topological polar surface area (TPSA) is 38.0 Å². The van der Waals surface area contributed by atoms with Crippen LogP contribution in [0.2, 0.25) is 5.02 Å². The zero-order valence-corrected chi connectivity index (χ0v) is 11.6. The molecule has 0 heterocycles. The van der Waals surface area contributed by atoms with Crippen LogP contribution in [0.15, 0.2) is 40.9 Å². The third-order valence-electron chi connectivity index (χ3n) is 2.57. The molecular formula is C13H12BrClN2. The molecule has 0 aliphatic carbocycles. The highest BCUT2D eigenvalue weighted by molar-refractivity contribution is 9.10. The molecule has 88 valence electrons. The van der Waals surface area contributed by atoms with Gasteiger partial charge in [-0.1, -0.05) is 17.7 Å². The maximum absolute atomic E-state index is 6.04. The third-order valence-corrected chi connectivity index (χ3v) is 3.81. The second-order valence-electron chi connectivity index (χ2n) is 3.77. The lowest BCUT2D eigenvalue weighted by atomic mass is 10.1. The highest BCUT2D eigenvalue weighted by atomic mass is 79.9. The molecule has 3 N–H and O–H groups in total. The first kappa shape index (κ1) is 12.3. The maximum Gasteiger partial charge on any atom is 0.0568 e. The number of hydrogen-bond acceptors (Lipinski definition) is 2. The summed E-state index contributed by atoms with van der Waals surface area (Å²) in [4.78, 5) is 0. The average Bonchev–Trinajstić information content (AvgIpc) is 2.30. The molecule has 0 aliphatic heterocycles. The van der Waals surface area contributed by atoms with E-state index < -0.39 is 0 Å². The molecule has 0 aromatic heterocycles. The van der Waals surface area contributed by atoms with Gasteiger partial charge >= 0.3 is 0 Å². The molecule has 0 fully saturated rings. The van der Waals surface area contributed by atoms with E-state index in [1.165, 1.54) is 0 Å². The van der Waals surface area contributed by atoms with Gasteiger partial charge in [-0.05, 0) is 58.7 Å². The Balaban J connectivity index is 2.31. The summed E-state index contributed by atoms with van der Waals surface area (Å²) in [7, 11) is 0. The van der Waals surface area contributed by atoms with E-state index in [4.69, 9.17) is 17.3 Å². The van der Waals surface area contributed by atoms with Gasteiger partial charge in [0.25, 0.3) is 0 Å². The Morgan fingerprint density at radius 3 is 2.71 bits per heavy atom. The van der Waals surface area contributed by atoms with Gasteiger partial charge in [0.1, 0.15) is 0 Å². The lowest BCUT2D eigenvalue weighted by molar-refractivity contribution is 1.43. The molecule has 0 radical (unpaired) electrons. The van der Waals surface area contributed by atoms with Gasteiger partial charge in [-0.25, -0.2) is 0 Å². The minimum absolute atomic E-state index is 0.677. The summed E-state index contributed by atoms with van der Waals surface area (Å²) < 4.78 is 0.883. The van der Waals surface area contributed by atoms with Crippen LogP contribution in [-0.4, -0.2) is 0 Å². The largest absolute Gasteiger partial charge is 0.398 e. The summed E-state index contributed by atoms with van der Waals surface area (Å²) in [5.74, 6) is 0. The summed E-state index contributed by atoms with van der Waals surface area (Å²) in [5, 5.41) is 3.97. The van der Waals surface area contributed by atoms with E-state index in [1.807, 2.05) is 43.3 Å². The minimum atomic E-state index is 0.677. The molecular weight excluding hydrogens is 300 g/mol. The number of hydrogen-bond donors (Lipinski definition) is 2. The lowest BCUT2D eigenvalue weighted by Gasteiger charge is -2.11. The van der Waals surface area contributed by atoms with Crippen LogP contribution >= 0.6 is 27.5 Å². The molecule has 0 bridgehead atoms. The van der Waals surface area contributed by atoms with Gasteiger partial charge in [0.05, 0.1) is 5.02 Å². The van der Waals surface area contributed by atoms with Gasteiger partial charge in [-0.2, -0.15) is 0 Å². The number of halogens is 2. The predicted molar refractivity (Wildman–Crippen MR) is 78.0 cm³/mol. The highest BCUT2D eigenvalue weighted by Gasteiger charge is 2.03. The van der Waals surface area contributed by atoms with Crippen molar-refractivity contribution in [3.63, 3.8) is 0 Å². The zero-order chi connectivity index (χ0) is 12.4. The molecule has 2 aromatic rings. The average molecular weight is 312 g/mol. The van der Waals surface area contributed by atoms with Crippen molar-refractivity contribution in [1.82, 2.24) is 0 Å². The van der Waals surface area contributed by atoms with E-state index in [9.17, 15) is 0 Å². The van der Waals surface area contributed by atoms with Crippen molar-refractivity contribution in [2.45, 2.75) is 6.92 Å². The van der Waals surface area contributed by atoms with E-state index in [1.54, 1.807) is 0 Å². The third kappa shape index (κ3) is 2.73. The van der Waals surface area contributed by atoms with Crippen molar-refractivity contribution < 1.29 is 0 Å². The lowest BCUT2D eigenvalue weighted by Crippen LogP contribution is -1.96. The number of anilines is 3. The molecule has 2 nitrogen and oxygen atoms in total. The standard InChI is InChI=1S/C13H12BrClN2/c1-8-12(16)3-2-4-13(8)17-9-5-6-10(14)11(15)7-9/h2-7,17H,16H2,1H3. The molecule has 0 spiro atoms. The first-order chi connectivity index (χ1) is 8.08. The Bertz CT molecular complexity index is 555. The van der Waals surface area contributed by atoms with Gasteiger partial charge in [-0.3, -0.25) is 0 Å². The summed E-state index contributed by atoms with van der Waals surface area (Å²) in [6.07, 6.45) is 0. The maximum atomic E-state index is 6.04. The molecule has 0 amide bonds. The van der Waals surface area contributed by atoms with E-state index in [0.717, 1.165) is 27.1 Å². The van der Waals surface area contributed by atoms with Crippen molar-refractivity contribution in [2.75, 3.05) is 11.1 Å². The zero-order valence-electron chi connectivity index (χ0n) is 9.30. The highest BCUT2D eigenvalue weighted by Crippen LogP contribution is 2.29. The Hall–Kier alpha value is -1.19. The fourth-order valence-corrected chi connectivity index (χ4v) is 1.95. The normalized spacial score (nSPS) is 10.3. The second-order valence-corrected chi connectivity index (χ2v) is 5.04. The van der Waals surface area contributed by atoms with Gasteiger partial charge in [0.15, 0.2) is 0 Å². The summed E-state index contributed by atoms with van der Waals surface area (Å²) >= 11 is 9.40. The number of benzene rings is 2. The van der Waals surface area contributed by atoms with Crippen LogP contribution in [0.1, 0.15) is 5.56 Å². The molecule has 17 heavy (non-hydrogen) atoms. The fourth-order valence-electron chi connectivity index (χ4n) is 1.52. The molecule has 0 aliphatic rings. The van der Waals surface area contributed by atoms with E-state index in [-0.39, 0.29) is 0 Å². The second kappa shape index (κ2) is 4.98. The molecule has 0 atom stereocenters. The number of nitrogens with two attached hydrogens (primary N) is 1. The smallest absolute Gasteiger partial charge is 0.0568 e. The van der Waals surface area contributed by atoms with Crippen LogP contribution in [0.25, 0.3) is 0 Å². The minimum Gasteiger partial charge on any atom is -0.398 e. The van der Waals surface area contributed by atoms with Gasteiger partial charge in [-0.15, -0.1) is 0 Å². The SMILES string of the molecule is Cc1c(N)cccc1Nc1ccc(Br)c(Cl)c1. The molecule has 4 heteroatoms. The number of rotatable bonds is 2. The Morgan fingerprint density at radius 1 is 1.24 bits per heavy atom. The van der Waals surface area contributed by atoms with Crippen LogP contribution in [0.4, 0.5) is 17.1 Å². The van der Waals surface area contributed by atoms with Crippen LogP contribution in [0.5, 0.6) is 0 Å². The van der Waals surface area contributed by atoms with Crippen molar-refractivity contribution in [2.24, 2.45) is 0 Å². The van der Waals surface area contributed by atoms with Crippen molar-refractivity contribution in [1.29, 1.82) is 0 Å². The first-order valence-corrected chi connectivity index (χ1v) is 6.32. The first-order valence-electron chi connectivity index (χ1n) is 5.15. The number of nitrogen functional groups attached to an aromatic ring is 1. The molecule has 0 saturated carbocycles. The van der Waals surface area contributed by atoms with Crippen LogP contribution in [-0.2, 0) is 0 Å². The van der Waals surface area contributed by atoms with Crippen molar-refractivity contribution in [3.05, 3.63) is 51.5 Å². The van der Waals surface area contributed by atoms with Gasteiger partial charge in [0.2, 0.25) is 0 Å². The van der Waals surface area contributed by atoms with Crippen LogP contribution in [0, 0.1) is 6.92 Å². The summed E-state index contributed by atoms with van der Waals surface area (Å²) in [5.41, 5.74) is 9.59. The summed E-state index contributed by atoms with van der Waals surface area (Å²) in [6, 6.07) is 11.5. The molecule has 2 rings (SSSR count). The quantitative estimate of drug-likeness (QED) is 0.786. The van der Waals surface area contributed by atoms with Gasteiger partial charge < -0.3 is 11.1 Å². The Kier molecular flexibility index (Phi) is 3.60. The Labute approximate surface area is 114 Å². The van der Waals surface area contributed by atoms with E-state index in [2.05, 4.69) is 21.2 Å². The monoisotopic (exact) mass is 310 g/mol. The van der Waals surface area contributed by atoms with Crippen molar-refractivity contribution >= 4 is 44.6 Å². The number of nitrogens with one attached hydrogen (secondary N) is 1. The fraction of sp³-hybridized carbons (Fsp3) is 0.0769. The van der Waals surface area contributed by atoms with Crippen molar-refractivity contribution in [3.8, 4) is 0 Å².